The molecule has 0 fully saturated rings. The molecule has 124 valence electrons. The van der Waals surface area contributed by atoms with Crippen molar-refractivity contribution in [3.63, 3.8) is 0 Å². The number of carboxylic acid groups (broad SMARTS) is 1. The van der Waals surface area contributed by atoms with E-state index in [0.29, 0.717) is 12.1 Å². The van der Waals surface area contributed by atoms with Crippen LogP contribution in [0.2, 0.25) is 5.02 Å². The predicted octanol–water partition coefficient (Wildman–Crippen LogP) is 1.47. The van der Waals surface area contributed by atoms with Crippen molar-refractivity contribution >= 4 is 27.6 Å². The van der Waals surface area contributed by atoms with Crippen molar-refractivity contribution in [3.8, 4) is 0 Å². The van der Waals surface area contributed by atoms with Crippen LogP contribution in [0.15, 0.2) is 23.1 Å². The third-order valence-electron chi connectivity index (χ3n) is 2.61. The fourth-order valence-corrected chi connectivity index (χ4v) is 2.96. The van der Waals surface area contributed by atoms with Crippen LogP contribution >= 0.6 is 11.6 Å². The molecule has 0 aromatic heterocycles. The van der Waals surface area contributed by atoms with Gasteiger partial charge in [0, 0.05) is 5.02 Å². The van der Waals surface area contributed by atoms with Crippen LogP contribution in [0, 0.1) is 0 Å². The Hall–Kier alpha value is -1.36. The summed E-state index contributed by atoms with van der Waals surface area (Å²) in [5.74, 6) is -1.74. The average Bonchev–Trinajstić information content (AvgIpc) is 2.35. The normalized spacial score (nSPS) is 15.4. The summed E-state index contributed by atoms with van der Waals surface area (Å²) >= 11 is 5.51. The molecule has 1 unspecified atom stereocenters. The zero-order valence-corrected chi connectivity index (χ0v) is 12.6. The van der Waals surface area contributed by atoms with Crippen LogP contribution in [0.3, 0.4) is 0 Å². The van der Waals surface area contributed by atoms with E-state index in [0.717, 1.165) is 13.0 Å². The summed E-state index contributed by atoms with van der Waals surface area (Å²) in [4.78, 5) is 9.51. The van der Waals surface area contributed by atoms with Gasteiger partial charge in [-0.3, -0.25) is 0 Å². The van der Waals surface area contributed by atoms with Gasteiger partial charge in [0.1, 0.15) is 0 Å². The minimum Gasteiger partial charge on any atom is -0.479 e. The number of aliphatic hydroxyl groups is 1. The number of halogens is 4. The van der Waals surface area contributed by atoms with Crippen LogP contribution in [0.25, 0.3) is 0 Å². The summed E-state index contributed by atoms with van der Waals surface area (Å²) < 4.78 is 64.0. The number of rotatable bonds is 5. The molecular formula is C11H11ClF3NO5S. The third-order valence-corrected chi connectivity index (χ3v) is 4.28. The zero-order valence-electron chi connectivity index (χ0n) is 11.0. The molecule has 1 aromatic carbocycles. The topological polar surface area (TPSA) is 104 Å². The van der Waals surface area contributed by atoms with Gasteiger partial charge in [0.15, 0.2) is 5.60 Å². The Morgan fingerprint density at radius 3 is 2.36 bits per heavy atom. The maximum atomic E-state index is 12.8. The Labute approximate surface area is 128 Å². The molecule has 0 amide bonds. The lowest BCUT2D eigenvalue weighted by molar-refractivity contribution is -0.155. The summed E-state index contributed by atoms with van der Waals surface area (Å²) in [6.07, 6.45) is -4.95. The van der Waals surface area contributed by atoms with Gasteiger partial charge in [-0.15, -0.1) is 0 Å². The molecule has 0 spiro atoms. The highest BCUT2D eigenvalue weighted by atomic mass is 35.5. The Balaban J connectivity index is 3.24. The highest BCUT2D eigenvalue weighted by Crippen LogP contribution is 2.35. The van der Waals surface area contributed by atoms with E-state index in [1.54, 1.807) is 4.72 Å². The first-order valence-corrected chi connectivity index (χ1v) is 7.46. The van der Waals surface area contributed by atoms with Gasteiger partial charge in [0.25, 0.3) is 0 Å². The minimum atomic E-state index is -4.95. The Kier molecular flexibility index (Phi) is 5.12. The average molecular weight is 362 g/mol. The predicted molar refractivity (Wildman–Crippen MR) is 69.9 cm³/mol. The van der Waals surface area contributed by atoms with Gasteiger partial charge in [-0.2, -0.15) is 13.2 Å². The fourth-order valence-electron chi connectivity index (χ4n) is 1.34. The van der Waals surface area contributed by atoms with Crippen molar-refractivity contribution in [1.29, 1.82) is 0 Å². The van der Waals surface area contributed by atoms with Gasteiger partial charge >= 0.3 is 12.1 Å². The number of carboxylic acids is 1. The van der Waals surface area contributed by atoms with Crippen molar-refractivity contribution in [2.24, 2.45) is 0 Å². The van der Waals surface area contributed by atoms with Gasteiger partial charge in [-0.1, -0.05) is 11.6 Å². The van der Waals surface area contributed by atoms with Crippen LogP contribution in [0.5, 0.6) is 0 Å². The van der Waals surface area contributed by atoms with Crippen LogP contribution < -0.4 is 4.72 Å². The molecule has 0 aliphatic carbocycles. The lowest BCUT2D eigenvalue weighted by atomic mass is 10.1. The van der Waals surface area contributed by atoms with E-state index in [1.165, 1.54) is 0 Å². The quantitative estimate of drug-likeness (QED) is 0.737. The number of nitrogens with one attached hydrogen (secondary N) is 1. The molecule has 0 saturated carbocycles. The van der Waals surface area contributed by atoms with Gasteiger partial charge in [-0.25, -0.2) is 17.9 Å². The first-order chi connectivity index (χ1) is 9.77. The van der Waals surface area contributed by atoms with E-state index in [2.05, 4.69) is 0 Å². The second-order valence-corrected chi connectivity index (χ2v) is 6.71. The summed E-state index contributed by atoms with van der Waals surface area (Å²) in [5, 5.41) is 17.8. The molecule has 1 aromatic rings. The molecule has 22 heavy (non-hydrogen) atoms. The summed E-state index contributed by atoms with van der Waals surface area (Å²) in [7, 11) is -4.74. The highest BCUT2D eigenvalue weighted by Gasteiger charge is 2.38. The molecule has 1 rings (SSSR count). The number of sulfonamides is 1. The van der Waals surface area contributed by atoms with Crippen LogP contribution in [0.4, 0.5) is 13.2 Å². The molecule has 1 atom stereocenters. The summed E-state index contributed by atoms with van der Waals surface area (Å²) in [6, 6.07) is 1.95. The number of aliphatic carboxylic acids is 1. The van der Waals surface area contributed by atoms with Crippen molar-refractivity contribution in [2.75, 3.05) is 6.54 Å². The Bertz CT molecular complexity index is 687. The standard InChI is InChI=1S/C11H11ClF3NO5S/c1-10(19,9(17)18)5-16-22(20,21)8-4-6(12)2-3-7(8)11(13,14)15/h2-4,16,19H,5H2,1H3,(H,17,18). The smallest absolute Gasteiger partial charge is 0.417 e. The number of benzene rings is 1. The number of hydrogen-bond acceptors (Lipinski definition) is 4. The van der Waals surface area contributed by atoms with Gasteiger partial charge in [0.05, 0.1) is 17.0 Å². The van der Waals surface area contributed by atoms with Gasteiger partial charge < -0.3 is 10.2 Å². The maximum absolute atomic E-state index is 12.8. The Morgan fingerprint density at radius 1 is 1.36 bits per heavy atom. The van der Waals surface area contributed by atoms with Crippen LogP contribution in [-0.2, 0) is 21.0 Å². The molecule has 0 saturated heterocycles. The van der Waals surface area contributed by atoms with Gasteiger partial charge in [-0.05, 0) is 25.1 Å². The molecule has 6 nitrogen and oxygen atoms in total. The SMILES string of the molecule is CC(O)(CNS(=O)(=O)c1cc(Cl)ccc1C(F)(F)F)C(=O)O. The van der Waals surface area contributed by atoms with Crippen molar-refractivity contribution in [2.45, 2.75) is 23.6 Å². The second kappa shape index (κ2) is 6.03. The number of alkyl halides is 3. The molecule has 0 aliphatic rings. The van der Waals surface area contributed by atoms with Crippen LogP contribution in [0.1, 0.15) is 12.5 Å². The first kappa shape index (κ1) is 18.7. The molecule has 11 heteroatoms. The van der Waals surface area contributed by atoms with E-state index in [4.69, 9.17) is 16.7 Å². The minimum absolute atomic E-state index is 0.252. The lowest BCUT2D eigenvalue weighted by Crippen LogP contribution is -2.46. The zero-order chi connectivity index (χ0) is 17.3. The molecule has 0 radical (unpaired) electrons. The van der Waals surface area contributed by atoms with Crippen LogP contribution in [-0.4, -0.2) is 36.7 Å². The molecule has 0 aliphatic heterocycles. The van der Waals surface area contributed by atoms with Crippen molar-refractivity contribution < 1.29 is 36.6 Å². The summed E-state index contributed by atoms with van der Waals surface area (Å²) in [5.41, 5.74) is -3.94. The lowest BCUT2D eigenvalue weighted by Gasteiger charge is -2.19. The molecule has 0 bridgehead atoms. The molecule has 3 N–H and O–H groups in total. The Morgan fingerprint density at radius 2 is 1.91 bits per heavy atom. The van der Waals surface area contributed by atoms with E-state index in [9.17, 15) is 31.5 Å². The third kappa shape index (κ3) is 4.32. The molecular weight excluding hydrogens is 351 g/mol. The maximum Gasteiger partial charge on any atom is 0.417 e. The van der Waals surface area contributed by atoms with E-state index >= 15 is 0 Å². The largest absolute Gasteiger partial charge is 0.479 e. The molecule has 0 heterocycles. The van der Waals surface area contributed by atoms with E-state index in [-0.39, 0.29) is 5.02 Å². The first-order valence-electron chi connectivity index (χ1n) is 5.59. The second-order valence-electron chi connectivity index (χ2n) is 4.54. The van der Waals surface area contributed by atoms with Crippen molar-refractivity contribution in [3.05, 3.63) is 28.8 Å². The number of hydrogen-bond donors (Lipinski definition) is 3. The van der Waals surface area contributed by atoms with Gasteiger partial charge in [0.2, 0.25) is 10.0 Å². The van der Waals surface area contributed by atoms with E-state index < -0.39 is 44.8 Å². The number of carbonyl (C=O) groups is 1. The van der Waals surface area contributed by atoms with E-state index in [1.807, 2.05) is 0 Å². The monoisotopic (exact) mass is 361 g/mol. The summed E-state index contributed by atoms with van der Waals surface area (Å²) in [6.45, 7) is -0.227. The highest BCUT2D eigenvalue weighted by molar-refractivity contribution is 7.89. The fraction of sp³-hybridized carbons (Fsp3) is 0.364. The van der Waals surface area contributed by atoms with Crippen molar-refractivity contribution in [1.82, 2.24) is 4.72 Å².